The first-order chi connectivity index (χ1) is 10.8. The van der Waals surface area contributed by atoms with E-state index in [9.17, 15) is 0 Å². The molecule has 1 aliphatic carbocycles. The first-order valence-electron chi connectivity index (χ1n) is 8.39. The summed E-state index contributed by atoms with van der Waals surface area (Å²) in [6, 6.07) is 11.5. The van der Waals surface area contributed by atoms with E-state index in [1.54, 1.807) is 0 Å². The summed E-state index contributed by atoms with van der Waals surface area (Å²) >= 11 is 0. The average molecular weight is 296 g/mol. The number of nitrogens with zero attached hydrogens (tertiary/aromatic N) is 2. The summed E-state index contributed by atoms with van der Waals surface area (Å²) in [6.45, 7) is 5.15. The van der Waals surface area contributed by atoms with E-state index < -0.39 is 0 Å². The number of rotatable bonds is 3. The van der Waals surface area contributed by atoms with E-state index in [0.717, 1.165) is 31.1 Å². The summed E-state index contributed by atoms with van der Waals surface area (Å²) in [5, 5.41) is 11.9. The Kier molecular flexibility index (Phi) is 3.62. The second-order valence-corrected chi connectivity index (χ2v) is 6.65. The third-order valence-electron chi connectivity index (χ3n) is 4.93. The van der Waals surface area contributed by atoms with E-state index in [2.05, 4.69) is 57.7 Å². The van der Waals surface area contributed by atoms with Crippen molar-refractivity contribution in [2.24, 2.45) is 5.92 Å². The summed E-state index contributed by atoms with van der Waals surface area (Å²) in [7, 11) is 0. The molecule has 4 nitrogen and oxygen atoms in total. The molecule has 2 aromatic rings. The van der Waals surface area contributed by atoms with Crippen molar-refractivity contribution in [1.82, 2.24) is 15.1 Å². The van der Waals surface area contributed by atoms with Crippen LogP contribution in [0, 0.1) is 12.8 Å². The minimum absolute atomic E-state index is 0.519. The van der Waals surface area contributed by atoms with Gasteiger partial charge in [0.05, 0.1) is 5.69 Å². The molecule has 1 aromatic carbocycles. The van der Waals surface area contributed by atoms with Gasteiger partial charge in [0.1, 0.15) is 5.82 Å². The maximum Gasteiger partial charge on any atom is 0.124 e. The lowest BCUT2D eigenvalue weighted by molar-refractivity contribution is 0.355. The maximum atomic E-state index is 4.56. The number of anilines is 1. The molecule has 0 saturated heterocycles. The van der Waals surface area contributed by atoms with Gasteiger partial charge in [0.25, 0.3) is 0 Å². The van der Waals surface area contributed by atoms with Crippen molar-refractivity contribution >= 4 is 5.82 Å². The van der Waals surface area contributed by atoms with Crippen LogP contribution in [0.25, 0.3) is 0 Å². The quantitative estimate of drug-likeness (QED) is 0.915. The smallest absolute Gasteiger partial charge is 0.124 e. The van der Waals surface area contributed by atoms with Gasteiger partial charge < -0.3 is 10.6 Å². The lowest BCUT2D eigenvalue weighted by Crippen LogP contribution is -2.37. The molecule has 2 N–H and O–H groups in total. The van der Waals surface area contributed by atoms with Gasteiger partial charge in [0, 0.05) is 37.7 Å². The van der Waals surface area contributed by atoms with Crippen molar-refractivity contribution in [2.75, 3.05) is 18.4 Å². The highest BCUT2D eigenvalue weighted by Crippen LogP contribution is 2.29. The molecule has 0 spiro atoms. The van der Waals surface area contributed by atoms with Crippen LogP contribution in [0.3, 0.4) is 0 Å². The average Bonchev–Trinajstić information content (AvgIpc) is 2.92. The second kappa shape index (κ2) is 5.76. The molecule has 0 saturated carbocycles. The van der Waals surface area contributed by atoms with Gasteiger partial charge in [0.15, 0.2) is 0 Å². The highest BCUT2D eigenvalue weighted by atomic mass is 15.3. The molecular formula is C18H24N4. The molecule has 0 radical (unpaired) electrons. The van der Waals surface area contributed by atoms with Crippen LogP contribution in [0.4, 0.5) is 5.82 Å². The zero-order valence-electron chi connectivity index (χ0n) is 13.2. The predicted molar refractivity (Wildman–Crippen MR) is 89.1 cm³/mol. The molecule has 0 amide bonds. The van der Waals surface area contributed by atoms with Crippen LogP contribution in [-0.4, -0.2) is 22.9 Å². The Morgan fingerprint density at radius 2 is 2.27 bits per heavy atom. The molecule has 22 heavy (non-hydrogen) atoms. The van der Waals surface area contributed by atoms with Crippen LogP contribution in [0.5, 0.6) is 0 Å². The van der Waals surface area contributed by atoms with Gasteiger partial charge in [-0.25, -0.2) is 4.68 Å². The van der Waals surface area contributed by atoms with E-state index >= 15 is 0 Å². The zero-order chi connectivity index (χ0) is 14.9. The van der Waals surface area contributed by atoms with Crippen molar-refractivity contribution in [3.05, 3.63) is 47.2 Å². The molecule has 2 atom stereocenters. The lowest BCUT2D eigenvalue weighted by atomic mass is 9.87. The monoisotopic (exact) mass is 296 g/mol. The van der Waals surface area contributed by atoms with Crippen LogP contribution in [0.1, 0.15) is 35.7 Å². The van der Waals surface area contributed by atoms with E-state index in [-0.39, 0.29) is 0 Å². The Morgan fingerprint density at radius 3 is 3.23 bits per heavy atom. The van der Waals surface area contributed by atoms with E-state index in [1.807, 2.05) is 0 Å². The van der Waals surface area contributed by atoms with Gasteiger partial charge in [-0.1, -0.05) is 24.3 Å². The standard InChI is InChI=1S/C18H24N4/c1-13-9-18-20-11-14(12-22(18)21-13)10-19-17-8-4-6-15-5-2-3-7-16(15)17/h2-3,5,7,9,14,17,19-20H,4,6,8,10-12H2,1H3. The molecule has 116 valence electrons. The van der Waals surface area contributed by atoms with Crippen LogP contribution < -0.4 is 10.6 Å². The van der Waals surface area contributed by atoms with Crippen molar-refractivity contribution in [3.8, 4) is 0 Å². The molecule has 4 heteroatoms. The van der Waals surface area contributed by atoms with Crippen molar-refractivity contribution in [2.45, 2.75) is 38.8 Å². The molecule has 2 heterocycles. The summed E-state index contributed by atoms with van der Waals surface area (Å²) < 4.78 is 2.11. The van der Waals surface area contributed by atoms with E-state index in [4.69, 9.17) is 0 Å². The molecule has 0 bridgehead atoms. The van der Waals surface area contributed by atoms with Gasteiger partial charge >= 0.3 is 0 Å². The first-order valence-corrected chi connectivity index (χ1v) is 8.39. The van der Waals surface area contributed by atoms with Crippen molar-refractivity contribution in [1.29, 1.82) is 0 Å². The van der Waals surface area contributed by atoms with Gasteiger partial charge in [-0.3, -0.25) is 0 Å². The molecular weight excluding hydrogens is 272 g/mol. The third-order valence-corrected chi connectivity index (χ3v) is 4.93. The SMILES string of the molecule is Cc1cc2n(n1)CC(CNC1CCCc3ccccc31)CN2. The fourth-order valence-corrected chi connectivity index (χ4v) is 3.80. The molecule has 2 aliphatic rings. The summed E-state index contributed by atoms with van der Waals surface area (Å²) in [5.41, 5.74) is 4.13. The minimum Gasteiger partial charge on any atom is -0.370 e. The Labute approximate surface area is 131 Å². The number of nitrogens with one attached hydrogen (secondary N) is 2. The van der Waals surface area contributed by atoms with Crippen LogP contribution in [0.15, 0.2) is 30.3 Å². The Hall–Kier alpha value is -1.81. The Morgan fingerprint density at radius 1 is 1.36 bits per heavy atom. The first kappa shape index (κ1) is 13.8. The number of benzene rings is 1. The van der Waals surface area contributed by atoms with Gasteiger partial charge in [0.2, 0.25) is 0 Å². The van der Waals surface area contributed by atoms with Gasteiger partial charge in [-0.05, 0) is 37.3 Å². The van der Waals surface area contributed by atoms with E-state index in [1.165, 1.54) is 30.4 Å². The predicted octanol–water partition coefficient (Wildman–Crippen LogP) is 2.90. The molecule has 0 fully saturated rings. The Bertz CT molecular complexity index is 661. The highest BCUT2D eigenvalue weighted by Gasteiger charge is 2.23. The summed E-state index contributed by atoms with van der Waals surface area (Å²) in [5.74, 6) is 1.76. The highest BCUT2D eigenvalue weighted by molar-refractivity contribution is 5.38. The second-order valence-electron chi connectivity index (χ2n) is 6.65. The minimum atomic E-state index is 0.519. The molecule has 1 aliphatic heterocycles. The topological polar surface area (TPSA) is 41.9 Å². The number of hydrogen-bond donors (Lipinski definition) is 2. The van der Waals surface area contributed by atoms with Gasteiger partial charge in [-0.15, -0.1) is 0 Å². The largest absolute Gasteiger partial charge is 0.370 e. The fraction of sp³-hybridized carbons (Fsp3) is 0.500. The van der Waals surface area contributed by atoms with Crippen molar-refractivity contribution in [3.63, 3.8) is 0 Å². The number of hydrogen-bond acceptors (Lipinski definition) is 3. The van der Waals surface area contributed by atoms with Crippen LogP contribution in [0.2, 0.25) is 0 Å². The van der Waals surface area contributed by atoms with E-state index in [0.29, 0.717) is 12.0 Å². The van der Waals surface area contributed by atoms with Crippen LogP contribution >= 0.6 is 0 Å². The molecule has 4 rings (SSSR count). The molecule has 1 aromatic heterocycles. The Balaban J connectivity index is 1.40. The fourth-order valence-electron chi connectivity index (χ4n) is 3.80. The number of aryl methyl sites for hydroxylation is 2. The number of fused-ring (bicyclic) bond motifs is 2. The van der Waals surface area contributed by atoms with Crippen LogP contribution in [-0.2, 0) is 13.0 Å². The maximum absolute atomic E-state index is 4.56. The molecule has 2 unspecified atom stereocenters. The van der Waals surface area contributed by atoms with Crippen molar-refractivity contribution < 1.29 is 0 Å². The third kappa shape index (κ3) is 2.63. The summed E-state index contributed by atoms with van der Waals surface area (Å²) in [4.78, 5) is 0. The zero-order valence-corrected chi connectivity index (χ0v) is 13.2. The lowest BCUT2D eigenvalue weighted by Gasteiger charge is -2.30. The normalized spacial score (nSPS) is 23.5. The number of aromatic nitrogens is 2. The van der Waals surface area contributed by atoms with Gasteiger partial charge in [-0.2, -0.15) is 5.10 Å². The summed E-state index contributed by atoms with van der Waals surface area (Å²) in [6.07, 6.45) is 3.78.